The van der Waals surface area contributed by atoms with Crippen LogP contribution in [0.5, 0.6) is 11.5 Å². The van der Waals surface area contributed by atoms with Gasteiger partial charge in [-0.2, -0.15) is 0 Å². The standard InChI is InChI=1S/C14H18O4S2/c1-16-11-7-9(13(15)18-3)10(8-12(11)17-2)14-19-5-4-6-20-14/h7-8,14H,4-6H2,1-3H3. The average molecular weight is 314 g/mol. The van der Waals surface area contributed by atoms with Gasteiger partial charge in [0.15, 0.2) is 11.5 Å². The van der Waals surface area contributed by atoms with Crippen molar-refractivity contribution in [3.05, 3.63) is 23.3 Å². The lowest BCUT2D eigenvalue weighted by atomic mass is 10.1. The molecule has 0 spiro atoms. The first kappa shape index (κ1) is 15.4. The van der Waals surface area contributed by atoms with Crippen LogP contribution in [0.2, 0.25) is 0 Å². The number of ether oxygens (including phenoxy) is 3. The van der Waals surface area contributed by atoms with Crippen molar-refractivity contribution < 1.29 is 19.0 Å². The number of carbonyl (C=O) groups excluding carboxylic acids is 1. The first-order valence-corrected chi connectivity index (χ1v) is 8.38. The van der Waals surface area contributed by atoms with Gasteiger partial charge in [0.1, 0.15) is 0 Å². The van der Waals surface area contributed by atoms with Crippen LogP contribution in [0.15, 0.2) is 12.1 Å². The highest BCUT2D eigenvalue weighted by Crippen LogP contribution is 2.47. The summed E-state index contributed by atoms with van der Waals surface area (Å²) in [6.07, 6.45) is 1.20. The summed E-state index contributed by atoms with van der Waals surface area (Å²) in [5, 5.41) is 0. The maximum atomic E-state index is 12.0. The van der Waals surface area contributed by atoms with Crippen LogP contribution < -0.4 is 9.47 Å². The first-order chi connectivity index (χ1) is 9.71. The molecule has 1 aromatic carbocycles. The molecule has 0 N–H and O–H groups in total. The van der Waals surface area contributed by atoms with E-state index in [1.54, 1.807) is 20.3 Å². The third kappa shape index (κ3) is 3.17. The van der Waals surface area contributed by atoms with Gasteiger partial charge in [-0.25, -0.2) is 4.79 Å². The van der Waals surface area contributed by atoms with Crippen LogP contribution in [0.3, 0.4) is 0 Å². The van der Waals surface area contributed by atoms with Crippen LogP contribution in [0.4, 0.5) is 0 Å². The van der Waals surface area contributed by atoms with E-state index in [0.29, 0.717) is 17.1 Å². The smallest absolute Gasteiger partial charge is 0.338 e. The molecule has 1 aliphatic rings. The van der Waals surface area contributed by atoms with Crippen LogP contribution >= 0.6 is 23.5 Å². The molecule has 1 aromatic rings. The van der Waals surface area contributed by atoms with E-state index in [1.807, 2.05) is 29.6 Å². The summed E-state index contributed by atoms with van der Waals surface area (Å²) in [5.74, 6) is 3.05. The van der Waals surface area contributed by atoms with Crippen LogP contribution in [0, 0.1) is 0 Å². The summed E-state index contributed by atoms with van der Waals surface area (Å²) in [6, 6.07) is 3.59. The number of rotatable bonds is 4. The number of benzene rings is 1. The predicted octanol–water partition coefficient (Wildman–Crippen LogP) is 3.36. The number of hydrogen-bond donors (Lipinski definition) is 0. The molecule has 0 amide bonds. The quantitative estimate of drug-likeness (QED) is 0.794. The van der Waals surface area contributed by atoms with Gasteiger partial charge >= 0.3 is 5.97 Å². The molecule has 6 heteroatoms. The van der Waals surface area contributed by atoms with Crippen molar-refractivity contribution in [1.82, 2.24) is 0 Å². The number of esters is 1. The van der Waals surface area contributed by atoms with Crippen LogP contribution in [-0.4, -0.2) is 38.8 Å². The molecule has 0 unspecified atom stereocenters. The highest BCUT2D eigenvalue weighted by molar-refractivity contribution is 8.16. The number of methoxy groups -OCH3 is 3. The zero-order valence-corrected chi connectivity index (χ0v) is 13.4. The summed E-state index contributed by atoms with van der Waals surface area (Å²) < 4.78 is 15.7. The minimum absolute atomic E-state index is 0.234. The second-order valence-electron chi connectivity index (χ2n) is 4.21. The molecule has 1 saturated heterocycles. The van der Waals surface area contributed by atoms with E-state index < -0.39 is 0 Å². The lowest BCUT2D eigenvalue weighted by Gasteiger charge is -2.24. The Morgan fingerprint density at radius 1 is 1.10 bits per heavy atom. The molecular weight excluding hydrogens is 296 g/mol. The van der Waals surface area contributed by atoms with E-state index in [4.69, 9.17) is 14.2 Å². The zero-order valence-electron chi connectivity index (χ0n) is 11.8. The molecule has 1 fully saturated rings. The van der Waals surface area contributed by atoms with Crippen LogP contribution in [0.25, 0.3) is 0 Å². The largest absolute Gasteiger partial charge is 0.493 e. The topological polar surface area (TPSA) is 44.8 Å². The summed E-state index contributed by atoms with van der Waals surface area (Å²) in [4.78, 5) is 12.0. The van der Waals surface area contributed by atoms with E-state index in [2.05, 4.69) is 0 Å². The normalized spacial score (nSPS) is 15.8. The SMILES string of the molecule is COC(=O)c1cc(OC)c(OC)cc1C1SCCCS1. The van der Waals surface area contributed by atoms with Gasteiger partial charge < -0.3 is 14.2 Å². The minimum atomic E-state index is -0.340. The molecule has 110 valence electrons. The van der Waals surface area contributed by atoms with Crippen molar-refractivity contribution in [3.8, 4) is 11.5 Å². The van der Waals surface area contributed by atoms with Gasteiger partial charge in [-0.3, -0.25) is 0 Å². The molecule has 0 saturated carbocycles. The Bertz CT molecular complexity index is 484. The molecule has 0 aromatic heterocycles. The summed E-state index contributed by atoms with van der Waals surface area (Å²) in [6.45, 7) is 0. The lowest BCUT2D eigenvalue weighted by Crippen LogP contribution is -2.10. The number of carbonyl (C=O) groups is 1. The van der Waals surface area contributed by atoms with Crippen molar-refractivity contribution in [1.29, 1.82) is 0 Å². The highest BCUT2D eigenvalue weighted by Gasteiger charge is 2.25. The molecule has 0 bridgehead atoms. The fourth-order valence-electron chi connectivity index (χ4n) is 2.04. The van der Waals surface area contributed by atoms with Gasteiger partial charge in [0.25, 0.3) is 0 Å². The minimum Gasteiger partial charge on any atom is -0.493 e. The zero-order chi connectivity index (χ0) is 14.5. The molecule has 1 heterocycles. The third-order valence-electron chi connectivity index (χ3n) is 3.04. The van der Waals surface area contributed by atoms with E-state index in [-0.39, 0.29) is 10.6 Å². The first-order valence-electron chi connectivity index (χ1n) is 6.28. The highest BCUT2D eigenvalue weighted by atomic mass is 32.2. The Hall–Kier alpha value is -1.01. The van der Waals surface area contributed by atoms with Gasteiger partial charge in [-0.15, -0.1) is 23.5 Å². The Kier molecular flexibility index (Phi) is 5.48. The van der Waals surface area contributed by atoms with Gasteiger partial charge in [0.05, 0.1) is 31.5 Å². The second kappa shape index (κ2) is 7.13. The molecule has 0 atom stereocenters. The van der Waals surface area contributed by atoms with E-state index in [9.17, 15) is 4.79 Å². The lowest BCUT2D eigenvalue weighted by molar-refractivity contribution is 0.0599. The van der Waals surface area contributed by atoms with E-state index in [0.717, 1.165) is 17.1 Å². The summed E-state index contributed by atoms with van der Waals surface area (Å²) >= 11 is 3.70. The Balaban J connectivity index is 2.47. The van der Waals surface area contributed by atoms with E-state index >= 15 is 0 Å². The maximum Gasteiger partial charge on any atom is 0.338 e. The summed E-state index contributed by atoms with van der Waals surface area (Å²) in [5.41, 5.74) is 1.50. The van der Waals surface area contributed by atoms with Crippen molar-refractivity contribution in [2.24, 2.45) is 0 Å². The van der Waals surface area contributed by atoms with Crippen molar-refractivity contribution in [2.75, 3.05) is 32.8 Å². The Labute approximate surface area is 127 Å². The monoisotopic (exact) mass is 314 g/mol. The fourth-order valence-corrected chi connectivity index (χ4v) is 4.99. The van der Waals surface area contributed by atoms with Gasteiger partial charge in [-0.05, 0) is 35.6 Å². The Morgan fingerprint density at radius 3 is 2.25 bits per heavy atom. The van der Waals surface area contributed by atoms with Crippen LogP contribution in [0.1, 0.15) is 26.9 Å². The second-order valence-corrected chi connectivity index (χ2v) is 6.94. The number of thioether (sulfide) groups is 2. The average Bonchev–Trinajstić information content (AvgIpc) is 2.53. The molecule has 20 heavy (non-hydrogen) atoms. The maximum absolute atomic E-state index is 12.0. The molecule has 2 rings (SSSR count). The number of hydrogen-bond acceptors (Lipinski definition) is 6. The fraction of sp³-hybridized carbons (Fsp3) is 0.500. The molecule has 0 radical (unpaired) electrons. The van der Waals surface area contributed by atoms with Crippen molar-refractivity contribution in [3.63, 3.8) is 0 Å². The predicted molar refractivity (Wildman–Crippen MR) is 83.2 cm³/mol. The van der Waals surface area contributed by atoms with Crippen molar-refractivity contribution >= 4 is 29.5 Å². The third-order valence-corrected chi connectivity index (χ3v) is 6.02. The molecule has 4 nitrogen and oxygen atoms in total. The van der Waals surface area contributed by atoms with Gasteiger partial charge in [0.2, 0.25) is 0 Å². The van der Waals surface area contributed by atoms with Crippen LogP contribution in [-0.2, 0) is 4.74 Å². The van der Waals surface area contributed by atoms with Gasteiger partial charge in [0, 0.05) is 0 Å². The molecule has 0 aliphatic carbocycles. The van der Waals surface area contributed by atoms with Gasteiger partial charge in [-0.1, -0.05) is 0 Å². The molecule has 1 aliphatic heterocycles. The molecular formula is C14H18O4S2. The van der Waals surface area contributed by atoms with E-state index in [1.165, 1.54) is 13.5 Å². The van der Waals surface area contributed by atoms with Crippen molar-refractivity contribution in [2.45, 2.75) is 11.0 Å². The summed E-state index contributed by atoms with van der Waals surface area (Å²) in [7, 11) is 4.55. The Morgan fingerprint density at radius 2 is 1.70 bits per heavy atom.